The smallest absolute Gasteiger partial charge is 0.249 e. The van der Waals surface area contributed by atoms with Crippen LogP contribution in [0.25, 0.3) is 33.2 Å². The van der Waals surface area contributed by atoms with Crippen LogP contribution in [0.4, 0.5) is 0 Å². The predicted molar refractivity (Wildman–Crippen MR) is 97.6 cm³/mol. The Morgan fingerprint density at radius 2 is 1.85 bits per heavy atom. The van der Waals surface area contributed by atoms with Crippen LogP contribution in [-0.4, -0.2) is 35.5 Å². The summed E-state index contributed by atoms with van der Waals surface area (Å²) in [4.78, 5) is 21.4. The van der Waals surface area contributed by atoms with Gasteiger partial charge in [0.2, 0.25) is 15.6 Å². The summed E-state index contributed by atoms with van der Waals surface area (Å²) in [5, 5.41) is 11.6. The number of hydrogen-bond donors (Lipinski definition) is 4. The van der Waals surface area contributed by atoms with Crippen LogP contribution in [0.3, 0.4) is 0 Å². The molecular weight excluding hydrogens is 356 g/mol. The van der Waals surface area contributed by atoms with Crippen molar-refractivity contribution in [3.8, 4) is 17.1 Å². The largest absolute Gasteiger partial charge is 0.494 e. The molecule has 0 bridgehead atoms. The Balaban J connectivity index is 2.00. The highest BCUT2D eigenvalue weighted by molar-refractivity contribution is 7.89. The Morgan fingerprint density at radius 1 is 1.08 bits per heavy atom. The third-order valence-corrected chi connectivity index (χ3v) is 5.58. The Labute approximate surface area is 147 Å². The topological polar surface area (TPSA) is 128 Å². The second-order valence-corrected chi connectivity index (χ2v) is 7.61. The molecule has 0 radical (unpaired) electrons. The van der Waals surface area contributed by atoms with Crippen molar-refractivity contribution in [2.45, 2.75) is 4.90 Å². The molecule has 0 unspecified atom stereocenters. The number of hydrogen-bond acceptors (Lipinski definition) is 5. The Kier molecular flexibility index (Phi) is 3.56. The molecule has 132 valence electrons. The lowest BCUT2D eigenvalue weighted by Crippen LogP contribution is -2.18. The van der Waals surface area contributed by atoms with Gasteiger partial charge in [-0.1, -0.05) is 0 Å². The number of nitrogens with one attached hydrogen (secondary N) is 3. The van der Waals surface area contributed by atoms with Gasteiger partial charge in [-0.3, -0.25) is 4.79 Å². The molecule has 0 aliphatic carbocycles. The molecule has 4 rings (SSSR count). The summed E-state index contributed by atoms with van der Waals surface area (Å²) in [6, 6.07) is 11.0. The number of benzene rings is 1. The van der Waals surface area contributed by atoms with Crippen LogP contribution in [0.2, 0.25) is 0 Å². The van der Waals surface area contributed by atoms with Crippen molar-refractivity contribution in [1.82, 2.24) is 19.7 Å². The Morgan fingerprint density at radius 3 is 2.62 bits per heavy atom. The highest BCUT2D eigenvalue weighted by Gasteiger charge is 2.18. The Hall–Kier alpha value is -3.17. The number of pyridine rings is 2. The minimum atomic E-state index is -3.63. The van der Waals surface area contributed by atoms with Crippen molar-refractivity contribution >= 4 is 32.0 Å². The van der Waals surface area contributed by atoms with E-state index in [-0.39, 0.29) is 16.3 Å². The van der Waals surface area contributed by atoms with E-state index in [1.165, 1.54) is 25.2 Å². The predicted octanol–water partition coefficient (Wildman–Crippen LogP) is 1.69. The summed E-state index contributed by atoms with van der Waals surface area (Å²) in [6.45, 7) is 0. The highest BCUT2D eigenvalue weighted by Crippen LogP contribution is 2.37. The molecule has 0 aliphatic heterocycles. The first-order chi connectivity index (χ1) is 12.4. The van der Waals surface area contributed by atoms with Crippen LogP contribution in [0.1, 0.15) is 0 Å². The quantitative estimate of drug-likeness (QED) is 0.436. The van der Waals surface area contributed by atoms with Gasteiger partial charge in [0.1, 0.15) is 5.65 Å². The average Bonchev–Trinajstić information content (AvgIpc) is 2.95. The van der Waals surface area contributed by atoms with Crippen LogP contribution in [0.15, 0.2) is 52.2 Å². The van der Waals surface area contributed by atoms with E-state index in [9.17, 15) is 18.3 Å². The van der Waals surface area contributed by atoms with Crippen LogP contribution in [-0.2, 0) is 10.0 Å². The zero-order valence-electron chi connectivity index (χ0n) is 13.6. The summed E-state index contributed by atoms with van der Waals surface area (Å²) in [5.41, 5.74) is 1.42. The molecule has 0 saturated heterocycles. The lowest BCUT2D eigenvalue weighted by Gasteiger charge is -2.05. The van der Waals surface area contributed by atoms with Crippen molar-refractivity contribution in [2.24, 2.45) is 0 Å². The van der Waals surface area contributed by atoms with Gasteiger partial charge in [0.05, 0.1) is 16.2 Å². The molecule has 0 aliphatic rings. The number of fused-ring (bicyclic) bond motifs is 2. The molecule has 0 atom stereocenters. The normalized spacial score (nSPS) is 12.0. The molecule has 0 saturated carbocycles. The average molecular weight is 370 g/mol. The summed E-state index contributed by atoms with van der Waals surface area (Å²) in [5.74, 6) is -0.135. The summed E-state index contributed by atoms with van der Waals surface area (Å²) in [7, 11) is -2.30. The fraction of sp³-hybridized carbons (Fsp3) is 0.0588. The second-order valence-electron chi connectivity index (χ2n) is 5.72. The maximum absolute atomic E-state index is 12.1. The van der Waals surface area contributed by atoms with Gasteiger partial charge in [-0.05, 0) is 43.4 Å². The zero-order valence-corrected chi connectivity index (χ0v) is 14.4. The minimum absolute atomic E-state index is 0.0712. The lowest BCUT2D eigenvalue weighted by molar-refractivity contribution is 0.460. The van der Waals surface area contributed by atoms with Gasteiger partial charge in [-0.25, -0.2) is 18.1 Å². The number of aromatic amines is 2. The van der Waals surface area contributed by atoms with E-state index in [1.807, 2.05) is 0 Å². The van der Waals surface area contributed by atoms with Gasteiger partial charge in [-0.15, -0.1) is 0 Å². The van der Waals surface area contributed by atoms with Gasteiger partial charge < -0.3 is 15.1 Å². The molecular formula is C17H14N4O4S. The van der Waals surface area contributed by atoms with Crippen LogP contribution in [0.5, 0.6) is 5.88 Å². The summed E-state index contributed by atoms with van der Waals surface area (Å²) >= 11 is 0. The third kappa shape index (κ3) is 2.54. The van der Waals surface area contributed by atoms with E-state index in [0.717, 1.165) is 5.39 Å². The maximum atomic E-state index is 12.1. The van der Waals surface area contributed by atoms with E-state index in [1.54, 1.807) is 24.3 Å². The van der Waals surface area contributed by atoms with Crippen LogP contribution in [0, 0.1) is 0 Å². The van der Waals surface area contributed by atoms with Crippen molar-refractivity contribution in [3.05, 3.63) is 52.8 Å². The van der Waals surface area contributed by atoms with Crippen LogP contribution < -0.4 is 10.3 Å². The van der Waals surface area contributed by atoms with Gasteiger partial charge >= 0.3 is 0 Å². The van der Waals surface area contributed by atoms with E-state index < -0.39 is 10.0 Å². The molecule has 0 fully saturated rings. The Bertz CT molecular complexity index is 1320. The zero-order chi connectivity index (χ0) is 18.5. The number of H-pyrrole nitrogens is 2. The molecule has 4 aromatic rings. The van der Waals surface area contributed by atoms with Crippen molar-refractivity contribution in [1.29, 1.82) is 0 Å². The molecule has 0 amide bonds. The molecule has 0 spiro atoms. The SMILES string of the molecule is CNS(=O)(=O)c1ccc2[nH]c(O)c(-c3ccc4ccc(=O)[nH]c4n3)c2c1. The first-order valence-electron chi connectivity index (χ1n) is 7.68. The second kappa shape index (κ2) is 5.68. The molecule has 26 heavy (non-hydrogen) atoms. The molecule has 8 nitrogen and oxygen atoms in total. The lowest BCUT2D eigenvalue weighted by atomic mass is 10.1. The number of sulfonamides is 1. The van der Waals surface area contributed by atoms with Gasteiger partial charge in [-0.2, -0.15) is 0 Å². The van der Waals surface area contributed by atoms with Crippen molar-refractivity contribution < 1.29 is 13.5 Å². The summed E-state index contributed by atoms with van der Waals surface area (Å²) < 4.78 is 26.4. The summed E-state index contributed by atoms with van der Waals surface area (Å²) in [6.07, 6.45) is 0. The van der Waals surface area contributed by atoms with Gasteiger partial charge in [0.25, 0.3) is 0 Å². The highest BCUT2D eigenvalue weighted by atomic mass is 32.2. The maximum Gasteiger partial charge on any atom is 0.249 e. The molecule has 1 aromatic carbocycles. The van der Waals surface area contributed by atoms with Crippen molar-refractivity contribution in [3.63, 3.8) is 0 Å². The van der Waals surface area contributed by atoms with E-state index in [4.69, 9.17) is 0 Å². The number of nitrogens with zero attached hydrogens (tertiary/aromatic N) is 1. The molecule has 3 heterocycles. The van der Waals surface area contributed by atoms with Gasteiger partial charge in [0.15, 0.2) is 5.88 Å². The minimum Gasteiger partial charge on any atom is -0.494 e. The molecule has 4 N–H and O–H groups in total. The van der Waals surface area contributed by atoms with Crippen molar-refractivity contribution in [2.75, 3.05) is 7.05 Å². The van der Waals surface area contributed by atoms with E-state index in [0.29, 0.717) is 27.8 Å². The first-order valence-corrected chi connectivity index (χ1v) is 9.16. The number of aromatic hydroxyl groups is 1. The van der Waals surface area contributed by atoms with E-state index >= 15 is 0 Å². The molecule has 3 aromatic heterocycles. The van der Waals surface area contributed by atoms with Crippen LogP contribution >= 0.6 is 0 Å². The first kappa shape index (κ1) is 16.3. The monoisotopic (exact) mass is 370 g/mol. The van der Waals surface area contributed by atoms with Gasteiger partial charge in [0, 0.05) is 22.4 Å². The third-order valence-electron chi connectivity index (χ3n) is 4.17. The molecule has 9 heteroatoms. The fourth-order valence-electron chi connectivity index (χ4n) is 2.87. The number of aromatic nitrogens is 3. The van der Waals surface area contributed by atoms with E-state index in [2.05, 4.69) is 19.7 Å². The fourth-order valence-corrected chi connectivity index (χ4v) is 3.62. The standard InChI is InChI=1S/C17H14N4O4S/c1-18-26(24,25)10-4-6-12-11(8-10)15(17(23)20-12)13-5-2-9-3-7-14(22)21-16(9)19-13/h2-8,18,20,23H,1H3,(H,19,21,22). The number of rotatable bonds is 3.